The SMILES string of the molecule is Cc1onc(-c2ccccc2)c1C(=O)N1CCC(c2nc(C(=O)NNC(=O)Cc3ccsc3)cs2)CC1. The third-order valence-electron chi connectivity index (χ3n) is 6.27. The van der Waals surface area contributed by atoms with Gasteiger partial charge in [0.15, 0.2) is 0 Å². The lowest BCUT2D eigenvalue weighted by atomic mass is 9.96. The maximum Gasteiger partial charge on any atom is 0.289 e. The van der Waals surface area contributed by atoms with Gasteiger partial charge >= 0.3 is 0 Å². The van der Waals surface area contributed by atoms with Crippen LogP contribution in [0.3, 0.4) is 0 Å². The Morgan fingerprint density at radius 3 is 2.59 bits per heavy atom. The first kappa shape index (κ1) is 24.8. The van der Waals surface area contributed by atoms with Gasteiger partial charge in [0, 0.05) is 30.0 Å². The van der Waals surface area contributed by atoms with E-state index in [9.17, 15) is 14.4 Å². The Morgan fingerprint density at radius 2 is 1.86 bits per heavy atom. The number of hydrazine groups is 1. The maximum atomic E-state index is 13.4. The lowest BCUT2D eigenvalue weighted by molar-refractivity contribution is -0.121. The van der Waals surface area contributed by atoms with Crippen LogP contribution in [-0.4, -0.2) is 45.9 Å². The first-order chi connectivity index (χ1) is 18.0. The van der Waals surface area contributed by atoms with Crippen LogP contribution >= 0.6 is 22.7 Å². The highest BCUT2D eigenvalue weighted by molar-refractivity contribution is 7.10. The standard InChI is InChI=1S/C26H25N5O4S2/c1-16-22(23(30-35-16)18-5-3-2-4-6-18)26(34)31-10-7-19(8-11-31)25-27-20(15-37-25)24(33)29-28-21(32)13-17-9-12-36-14-17/h2-6,9,12,14-15,19H,7-8,10-11,13H2,1H3,(H,28,32)(H,29,33). The number of carbonyl (C=O) groups is 3. The van der Waals surface area contributed by atoms with Crippen molar-refractivity contribution in [3.63, 3.8) is 0 Å². The largest absolute Gasteiger partial charge is 0.360 e. The zero-order chi connectivity index (χ0) is 25.8. The van der Waals surface area contributed by atoms with Crippen molar-refractivity contribution >= 4 is 40.4 Å². The molecule has 190 valence electrons. The van der Waals surface area contributed by atoms with Crippen molar-refractivity contribution in [1.82, 2.24) is 25.9 Å². The summed E-state index contributed by atoms with van der Waals surface area (Å²) in [6.07, 6.45) is 1.68. The molecule has 0 bridgehead atoms. The predicted octanol–water partition coefficient (Wildman–Crippen LogP) is 4.19. The topological polar surface area (TPSA) is 117 Å². The lowest BCUT2D eigenvalue weighted by Crippen LogP contribution is -2.42. The van der Waals surface area contributed by atoms with E-state index < -0.39 is 5.91 Å². The average Bonchev–Trinajstić information content (AvgIpc) is 3.69. The van der Waals surface area contributed by atoms with E-state index in [2.05, 4.69) is 21.0 Å². The Labute approximate surface area is 221 Å². The van der Waals surface area contributed by atoms with Crippen LogP contribution in [0.1, 0.15) is 55.9 Å². The van der Waals surface area contributed by atoms with Crippen molar-refractivity contribution in [3.05, 3.63) is 80.1 Å². The molecule has 2 N–H and O–H groups in total. The van der Waals surface area contributed by atoms with E-state index in [1.807, 2.05) is 52.1 Å². The second kappa shape index (κ2) is 11.1. The first-order valence-corrected chi connectivity index (χ1v) is 13.7. The van der Waals surface area contributed by atoms with Crippen LogP contribution in [-0.2, 0) is 11.2 Å². The molecular weight excluding hydrogens is 510 g/mol. The van der Waals surface area contributed by atoms with Crippen molar-refractivity contribution in [2.75, 3.05) is 13.1 Å². The van der Waals surface area contributed by atoms with Gasteiger partial charge in [-0.05, 0) is 42.2 Å². The molecule has 4 heterocycles. The number of piperidine rings is 1. The second-order valence-corrected chi connectivity index (χ2v) is 10.4. The number of rotatable bonds is 6. The summed E-state index contributed by atoms with van der Waals surface area (Å²) in [4.78, 5) is 44.2. The number of hydrogen-bond donors (Lipinski definition) is 2. The number of thiazole rings is 1. The van der Waals surface area contributed by atoms with Gasteiger partial charge in [0.2, 0.25) is 5.91 Å². The van der Waals surface area contributed by atoms with E-state index in [-0.39, 0.29) is 29.8 Å². The minimum Gasteiger partial charge on any atom is -0.360 e. The Morgan fingerprint density at radius 1 is 1.08 bits per heavy atom. The molecule has 1 aromatic carbocycles. The van der Waals surface area contributed by atoms with Gasteiger partial charge in [-0.1, -0.05) is 35.5 Å². The monoisotopic (exact) mass is 535 g/mol. The van der Waals surface area contributed by atoms with Crippen molar-refractivity contribution in [2.45, 2.75) is 32.1 Å². The summed E-state index contributed by atoms with van der Waals surface area (Å²) >= 11 is 2.94. The highest BCUT2D eigenvalue weighted by Gasteiger charge is 2.31. The van der Waals surface area contributed by atoms with Gasteiger partial charge in [0.05, 0.1) is 11.4 Å². The maximum absolute atomic E-state index is 13.4. The highest BCUT2D eigenvalue weighted by Crippen LogP contribution is 2.32. The number of benzene rings is 1. The molecule has 1 aliphatic rings. The van der Waals surface area contributed by atoms with Gasteiger partial charge in [0.25, 0.3) is 11.8 Å². The number of nitrogens with one attached hydrogen (secondary N) is 2. The fourth-order valence-electron chi connectivity index (χ4n) is 4.30. The fraction of sp³-hybridized carbons (Fsp3) is 0.269. The van der Waals surface area contributed by atoms with Gasteiger partial charge in [-0.25, -0.2) is 4.98 Å². The van der Waals surface area contributed by atoms with Gasteiger partial charge < -0.3 is 9.42 Å². The van der Waals surface area contributed by atoms with E-state index >= 15 is 0 Å². The second-order valence-electron chi connectivity index (χ2n) is 8.78. The normalized spacial score (nSPS) is 13.9. The molecule has 5 rings (SSSR count). The molecule has 3 amide bonds. The molecule has 37 heavy (non-hydrogen) atoms. The zero-order valence-electron chi connectivity index (χ0n) is 20.1. The molecule has 9 nitrogen and oxygen atoms in total. The predicted molar refractivity (Wildman–Crippen MR) is 140 cm³/mol. The summed E-state index contributed by atoms with van der Waals surface area (Å²) < 4.78 is 5.37. The van der Waals surface area contributed by atoms with Crippen LogP contribution in [0.2, 0.25) is 0 Å². The summed E-state index contributed by atoms with van der Waals surface area (Å²) in [7, 11) is 0. The molecule has 0 spiro atoms. The van der Waals surface area contributed by atoms with Gasteiger partial charge in [-0.2, -0.15) is 11.3 Å². The zero-order valence-corrected chi connectivity index (χ0v) is 21.7. The molecule has 0 aliphatic carbocycles. The molecule has 1 aliphatic heterocycles. The van der Waals surface area contributed by atoms with Crippen molar-refractivity contribution in [2.24, 2.45) is 0 Å². The third kappa shape index (κ3) is 5.62. The van der Waals surface area contributed by atoms with Crippen LogP contribution in [0.25, 0.3) is 11.3 Å². The number of carbonyl (C=O) groups excluding carboxylic acids is 3. The van der Waals surface area contributed by atoms with Gasteiger partial charge in [0.1, 0.15) is 22.7 Å². The van der Waals surface area contributed by atoms with Gasteiger partial charge in [-0.3, -0.25) is 25.2 Å². The Balaban J connectivity index is 1.16. The van der Waals surface area contributed by atoms with Gasteiger partial charge in [-0.15, -0.1) is 11.3 Å². The summed E-state index contributed by atoms with van der Waals surface area (Å²) in [6.45, 7) is 2.90. The van der Waals surface area contributed by atoms with Crippen LogP contribution in [0.4, 0.5) is 0 Å². The number of amides is 3. The number of likely N-dealkylation sites (tertiary alicyclic amines) is 1. The molecule has 1 saturated heterocycles. The van der Waals surface area contributed by atoms with E-state index in [0.29, 0.717) is 30.1 Å². The lowest BCUT2D eigenvalue weighted by Gasteiger charge is -2.31. The Hall–Kier alpha value is -3.83. The van der Waals surface area contributed by atoms with E-state index in [0.717, 1.165) is 29.0 Å². The third-order valence-corrected chi connectivity index (χ3v) is 8.01. The highest BCUT2D eigenvalue weighted by atomic mass is 32.1. The summed E-state index contributed by atoms with van der Waals surface area (Å²) in [5.41, 5.74) is 7.93. The van der Waals surface area contributed by atoms with Crippen LogP contribution in [0.5, 0.6) is 0 Å². The Bertz CT molecular complexity index is 1390. The van der Waals surface area contributed by atoms with E-state index in [4.69, 9.17) is 4.52 Å². The summed E-state index contributed by atoms with van der Waals surface area (Å²) in [5.74, 6) is -0.179. The molecule has 0 atom stereocenters. The first-order valence-electron chi connectivity index (χ1n) is 11.9. The molecular formula is C26H25N5O4S2. The summed E-state index contributed by atoms with van der Waals surface area (Å²) in [6, 6.07) is 11.4. The number of hydrogen-bond acceptors (Lipinski definition) is 8. The number of aryl methyl sites for hydroxylation is 1. The minimum atomic E-state index is -0.454. The van der Waals surface area contributed by atoms with Crippen molar-refractivity contribution in [1.29, 1.82) is 0 Å². The minimum absolute atomic E-state index is 0.0894. The van der Waals surface area contributed by atoms with Crippen molar-refractivity contribution < 1.29 is 18.9 Å². The molecule has 3 aromatic heterocycles. The quantitative estimate of drug-likeness (QED) is 0.358. The number of aromatic nitrogens is 2. The van der Waals surface area contributed by atoms with Crippen LogP contribution in [0, 0.1) is 6.92 Å². The molecule has 11 heteroatoms. The molecule has 0 saturated carbocycles. The van der Waals surface area contributed by atoms with Crippen LogP contribution in [0.15, 0.2) is 57.1 Å². The Kier molecular flexibility index (Phi) is 7.42. The molecule has 4 aromatic rings. The average molecular weight is 536 g/mol. The number of nitrogens with zero attached hydrogens (tertiary/aromatic N) is 3. The molecule has 0 unspecified atom stereocenters. The number of thiophene rings is 1. The summed E-state index contributed by atoms with van der Waals surface area (Å²) in [5, 5.41) is 10.5. The smallest absolute Gasteiger partial charge is 0.289 e. The van der Waals surface area contributed by atoms with Crippen molar-refractivity contribution in [3.8, 4) is 11.3 Å². The molecule has 1 fully saturated rings. The fourth-order valence-corrected chi connectivity index (χ4v) is 5.94. The molecule has 0 radical (unpaired) electrons. The van der Waals surface area contributed by atoms with Crippen LogP contribution < -0.4 is 10.9 Å². The van der Waals surface area contributed by atoms with E-state index in [1.165, 1.54) is 22.7 Å². The van der Waals surface area contributed by atoms with E-state index in [1.54, 1.807) is 12.3 Å².